The summed E-state index contributed by atoms with van der Waals surface area (Å²) in [4.78, 5) is 10.3. The van der Waals surface area contributed by atoms with Crippen LogP contribution in [0.2, 0.25) is 0 Å². The van der Waals surface area contributed by atoms with E-state index < -0.39 is 22.5 Å². The summed E-state index contributed by atoms with van der Waals surface area (Å²) in [6.45, 7) is 5.35. The zero-order valence-corrected chi connectivity index (χ0v) is 11.8. The van der Waals surface area contributed by atoms with Crippen molar-refractivity contribution in [1.29, 1.82) is 0 Å². The predicted molar refractivity (Wildman–Crippen MR) is 74.4 cm³/mol. The standard InChI is InChI=1S/C12H18N2O4.ClH/c1-12(2,3)11(16)10(13)8-6-7(15)4-5-9(8)14(17)18;/h4-6,10-11,15-16H,13H2,1-3H3;1H/t10-,11-;/m0./s1. The lowest BCUT2D eigenvalue weighted by molar-refractivity contribution is -0.385. The Balaban J connectivity index is 0.00000324. The fourth-order valence-corrected chi connectivity index (χ4v) is 1.68. The van der Waals surface area contributed by atoms with Crippen LogP contribution in [0.1, 0.15) is 32.4 Å². The summed E-state index contributed by atoms with van der Waals surface area (Å²) in [7, 11) is 0. The number of halogens is 1. The molecule has 19 heavy (non-hydrogen) atoms. The van der Waals surface area contributed by atoms with E-state index in [1.165, 1.54) is 18.2 Å². The van der Waals surface area contributed by atoms with Gasteiger partial charge in [0.1, 0.15) is 5.75 Å². The summed E-state index contributed by atoms with van der Waals surface area (Å²) < 4.78 is 0. The highest BCUT2D eigenvalue weighted by atomic mass is 35.5. The quantitative estimate of drug-likeness (QED) is 0.583. The molecule has 0 unspecified atom stereocenters. The molecular weight excluding hydrogens is 272 g/mol. The Labute approximate surface area is 117 Å². The number of nitrogens with two attached hydrogens (primary N) is 1. The highest BCUT2D eigenvalue weighted by Gasteiger charge is 2.32. The van der Waals surface area contributed by atoms with E-state index in [2.05, 4.69) is 0 Å². The summed E-state index contributed by atoms with van der Waals surface area (Å²) in [6.07, 6.45) is -0.960. The van der Waals surface area contributed by atoms with Crippen LogP contribution in [-0.4, -0.2) is 21.2 Å². The topological polar surface area (TPSA) is 110 Å². The van der Waals surface area contributed by atoms with Crippen LogP contribution in [-0.2, 0) is 0 Å². The number of nitro groups is 1. The normalized spacial score (nSPS) is 14.4. The van der Waals surface area contributed by atoms with Gasteiger partial charge in [-0.25, -0.2) is 0 Å². The van der Waals surface area contributed by atoms with E-state index in [1.54, 1.807) is 20.8 Å². The maximum absolute atomic E-state index is 10.9. The first kappa shape index (κ1) is 17.6. The van der Waals surface area contributed by atoms with Crippen LogP contribution < -0.4 is 5.73 Å². The fourth-order valence-electron chi connectivity index (χ4n) is 1.68. The Morgan fingerprint density at radius 2 is 1.89 bits per heavy atom. The van der Waals surface area contributed by atoms with E-state index in [0.717, 1.165) is 0 Å². The van der Waals surface area contributed by atoms with Gasteiger partial charge in [-0.2, -0.15) is 0 Å². The lowest BCUT2D eigenvalue weighted by atomic mass is 9.82. The third kappa shape index (κ3) is 4.05. The highest BCUT2D eigenvalue weighted by Crippen LogP contribution is 2.34. The zero-order valence-electron chi connectivity index (χ0n) is 11.0. The summed E-state index contributed by atoms with van der Waals surface area (Å²) in [5.41, 5.74) is 5.27. The van der Waals surface area contributed by atoms with Gasteiger partial charge in [-0.05, 0) is 17.5 Å². The number of nitrogens with zero attached hydrogens (tertiary/aromatic N) is 1. The zero-order chi connectivity index (χ0) is 14.1. The maximum Gasteiger partial charge on any atom is 0.274 e. The van der Waals surface area contributed by atoms with Gasteiger partial charge in [0.25, 0.3) is 5.69 Å². The molecule has 6 nitrogen and oxygen atoms in total. The highest BCUT2D eigenvalue weighted by molar-refractivity contribution is 5.85. The molecule has 1 rings (SSSR count). The molecule has 0 spiro atoms. The molecule has 0 amide bonds. The van der Waals surface area contributed by atoms with Crippen molar-refractivity contribution in [3.05, 3.63) is 33.9 Å². The van der Waals surface area contributed by atoms with Crippen LogP contribution in [0.5, 0.6) is 5.75 Å². The van der Waals surface area contributed by atoms with Crippen LogP contribution in [0.25, 0.3) is 0 Å². The van der Waals surface area contributed by atoms with E-state index in [9.17, 15) is 20.3 Å². The van der Waals surface area contributed by atoms with Gasteiger partial charge in [0.15, 0.2) is 0 Å². The minimum atomic E-state index is -0.960. The largest absolute Gasteiger partial charge is 0.508 e. The number of phenols is 1. The van der Waals surface area contributed by atoms with Gasteiger partial charge in [-0.3, -0.25) is 10.1 Å². The number of benzene rings is 1. The Morgan fingerprint density at radius 1 is 1.37 bits per heavy atom. The van der Waals surface area contributed by atoms with E-state index in [1.807, 2.05) is 0 Å². The van der Waals surface area contributed by atoms with Crippen molar-refractivity contribution in [2.45, 2.75) is 32.9 Å². The first-order chi connectivity index (χ1) is 8.14. The molecule has 0 aromatic heterocycles. The van der Waals surface area contributed by atoms with E-state index in [0.29, 0.717) is 0 Å². The fraction of sp³-hybridized carbons (Fsp3) is 0.500. The lowest BCUT2D eigenvalue weighted by Crippen LogP contribution is -2.37. The molecule has 0 bridgehead atoms. The Bertz CT molecular complexity index is 460. The first-order valence-corrected chi connectivity index (χ1v) is 5.55. The Hall–Kier alpha value is -1.37. The van der Waals surface area contributed by atoms with Crippen LogP contribution in [0.3, 0.4) is 0 Å². The average Bonchev–Trinajstić information content (AvgIpc) is 2.25. The van der Waals surface area contributed by atoms with Gasteiger partial charge < -0.3 is 15.9 Å². The van der Waals surface area contributed by atoms with E-state index in [-0.39, 0.29) is 29.4 Å². The van der Waals surface area contributed by atoms with E-state index >= 15 is 0 Å². The van der Waals surface area contributed by atoms with Crippen LogP contribution >= 0.6 is 12.4 Å². The van der Waals surface area contributed by atoms with Crippen molar-refractivity contribution in [1.82, 2.24) is 0 Å². The molecular formula is C12H19ClN2O4. The number of hydrogen-bond donors (Lipinski definition) is 3. The minimum Gasteiger partial charge on any atom is -0.508 e. The lowest BCUT2D eigenvalue weighted by Gasteiger charge is -2.30. The summed E-state index contributed by atoms with van der Waals surface area (Å²) in [5, 5.41) is 30.4. The van der Waals surface area contributed by atoms with Gasteiger partial charge in [-0.1, -0.05) is 20.8 Å². The SMILES string of the molecule is CC(C)(C)[C@@H](O)[C@@H](N)c1cc(O)ccc1[N+](=O)[O-].Cl. The molecule has 0 radical (unpaired) electrons. The second-order valence-corrected chi connectivity index (χ2v) is 5.34. The van der Waals surface area contributed by atoms with E-state index in [4.69, 9.17) is 5.73 Å². The Kier molecular flexibility index (Phi) is 5.74. The summed E-state index contributed by atoms with van der Waals surface area (Å²) in [5.74, 6) is -0.118. The first-order valence-electron chi connectivity index (χ1n) is 5.55. The Morgan fingerprint density at radius 3 is 2.32 bits per heavy atom. The number of rotatable bonds is 3. The summed E-state index contributed by atoms with van der Waals surface area (Å²) >= 11 is 0. The molecule has 7 heteroatoms. The molecule has 108 valence electrons. The molecule has 0 saturated carbocycles. The predicted octanol–water partition coefficient (Wildman–Crippen LogP) is 2.13. The number of phenolic OH excluding ortho intramolecular Hbond substituents is 1. The van der Waals surface area contributed by atoms with Crippen molar-refractivity contribution in [3.8, 4) is 5.75 Å². The molecule has 1 aromatic rings. The van der Waals surface area contributed by atoms with Crippen LogP contribution in [0.15, 0.2) is 18.2 Å². The number of hydrogen-bond acceptors (Lipinski definition) is 5. The smallest absolute Gasteiger partial charge is 0.274 e. The van der Waals surface area contributed by atoms with Gasteiger partial charge in [-0.15, -0.1) is 12.4 Å². The number of aliphatic hydroxyl groups is 1. The second-order valence-electron chi connectivity index (χ2n) is 5.34. The monoisotopic (exact) mass is 290 g/mol. The van der Waals surface area contributed by atoms with Gasteiger partial charge >= 0.3 is 0 Å². The van der Waals surface area contributed by atoms with Gasteiger partial charge in [0, 0.05) is 6.07 Å². The van der Waals surface area contributed by atoms with Crippen molar-refractivity contribution in [3.63, 3.8) is 0 Å². The van der Waals surface area contributed by atoms with Crippen molar-refractivity contribution >= 4 is 18.1 Å². The third-order valence-corrected chi connectivity index (χ3v) is 2.79. The second kappa shape index (κ2) is 6.18. The van der Waals surface area contributed by atoms with Crippen molar-refractivity contribution < 1.29 is 15.1 Å². The molecule has 0 saturated heterocycles. The molecule has 0 fully saturated rings. The van der Waals surface area contributed by atoms with Crippen molar-refractivity contribution in [2.75, 3.05) is 0 Å². The van der Waals surface area contributed by atoms with Gasteiger partial charge in [0.05, 0.1) is 22.6 Å². The molecule has 2 atom stereocenters. The molecule has 4 N–H and O–H groups in total. The molecule has 0 aliphatic heterocycles. The van der Waals surface area contributed by atoms with Crippen LogP contribution in [0.4, 0.5) is 5.69 Å². The molecule has 0 aliphatic carbocycles. The molecule has 0 aliphatic rings. The van der Waals surface area contributed by atoms with Gasteiger partial charge in [0.2, 0.25) is 0 Å². The van der Waals surface area contributed by atoms with Crippen LogP contribution in [0, 0.1) is 15.5 Å². The number of nitro benzene ring substituents is 1. The minimum absolute atomic E-state index is 0. The third-order valence-electron chi connectivity index (χ3n) is 2.79. The van der Waals surface area contributed by atoms with Crippen molar-refractivity contribution in [2.24, 2.45) is 11.1 Å². The average molecular weight is 291 g/mol. The number of aliphatic hydroxyl groups excluding tert-OH is 1. The maximum atomic E-state index is 10.9. The molecule has 0 heterocycles. The summed E-state index contributed by atoms with van der Waals surface area (Å²) in [6, 6.07) is 2.69. The number of aromatic hydroxyl groups is 1. The molecule has 1 aromatic carbocycles.